The molecule has 18 heavy (non-hydrogen) atoms. The van der Waals surface area contributed by atoms with E-state index >= 15 is 0 Å². The molecule has 0 spiro atoms. The number of halogens is 3. The molecule has 0 fully saturated rings. The van der Waals surface area contributed by atoms with Crippen molar-refractivity contribution in [2.75, 3.05) is 26.8 Å². The number of likely N-dealkylation sites (N-methyl/N-ethyl adjacent to an activating group) is 1. The lowest BCUT2D eigenvalue weighted by atomic mass is 10.2. The highest BCUT2D eigenvalue weighted by Crippen LogP contribution is 2.22. The first-order valence-corrected chi connectivity index (χ1v) is 5.49. The fraction of sp³-hybridized carbons (Fsp3) is 0.500. The molecule has 102 valence electrons. The van der Waals surface area contributed by atoms with Crippen LogP contribution in [0.5, 0.6) is 5.75 Å². The van der Waals surface area contributed by atoms with Gasteiger partial charge in [0.25, 0.3) is 0 Å². The Labute approximate surface area is 104 Å². The summed E-state index contributed by atoms with van der Waals surface area (Å²) in [6.07, 6.45) is -4.34. The Morgan fingerprint density at radius 1 is 1.28 bits per heavy atom. The smallest absolute Gasteiger partial charge is 0.422 e. The summed E-state index contributed by atoms with van der Waals surface area (Å²) in [5.74, 6) is 0.222. The van der Waals surface area contributed by atoms with E-state index in [9.17, 15) is 13.2 Å². The predicted octanol–water partition coefficient (Wildman–Crippen LogP) is 2.05. The summed E-state index contributed by atoms with van der Waals surface area (Å²) in [5.41, 5.74) is 0.665. The van der Waals surface area contributed by atoms with Crippen LogP contribution in [0.1, 0.15) is 5.56 Å². The van der Waals surface area contributed by atoms with Crippen LogP contribution in [0.2, 0.25) is 0 Å². The zero-order valence-electron chi connectivity index (χ0n) is 10.1. The Hall–Kier alpha value is -1.27. The van der Waals surface area contributed by atoms with Gasteiger partial charge in [-0.25, -0.2) is 0 Å². The van der Waals surface area contributed by atoms with Gasteiger partial charge >= 0.3 is 6.18 Å². The average molecular weight is 263 g/mol. The molecule has 3 nitrogen and oxygen atoms in total. The lowest BCUT2D eigenvalue weighted by molar-refractivity contribution is -0.153. The lowest BCUT2D eigenvalue weighted by Crippen LogP contribution is -2.23. The van der Waals surface area contributed by atoms with E-state index in [-0.39, 0.29) is 12.4 Å². The number of hydrogen-bond donors (Lipinski definition) is 1. The van der Waals surface area contributed by atoms with Crippen LogP contribution >= 0.6 is 0 Å². The Bertz CT molecular complexity index is 369. The summed E-state index contributed by atoms with van der Waals surface area (Å²) >= 11 is 0. The highest BCUT2D eigenvalue weighted by atomic mass is 19.4. The second-order valence-corrected chi connectivity index (χ2v) is 3.97. The SMILES string of the molecule is CN(CCO)Cc1ccccc1OCC(F)(F)F. The minimum absolute atomic E-state index is 0.00206. The molecule has 0 radical (unpaired) electrons. The third kappa shape index (κ3) is 5.37. The second kappa shape index (κ2) is 6.61. The zero-order valence-corrected chi connectivity index (χ0v) is 10.1. The monoisotopic (exact) mass is 263 g/mol. The maximum Gasteiger partial charge on any atom is 0.422 e. The lowest BCUT2D eigenvalue weighted by Gasteiger charge is -2.18. The quantitative estimate of drug-likeness (QED) is 0.852. The molecule has 1 aromatic carbocycles. The maximum absolute atomic E-state index is 12.1. The number of alkyl halides is 3. The van der Waals surface area contributed by atoms with Gasteiger partial charge in [-0.05, 0) is 13.1 Å². The van der Waals surface area contributed by atoms with Gasteiger partial charge in [-0.2, -0.15) is 13.2 Å². The van der Waals surface area contributed by atoms with Crippen molar-refractivity contribution in [2.24, 2.45) is 0 Å². The average Bonchev–Trinajstić information content (AvgIpc) is 2.27. The minimum Gasteiger partial charge on any atom is -0.484 e. The van der Waals surface area contributed by atoms with E-state index in [4.69, 9.17) is 9.84 Å². The molecule has 0 unspecified atom stereocenters. The molecule has 0 heterocycles. The van der Waals surface area contributed by atoms with Crippen LogP contribution in [0.25, 0.3) is 0 Å². The van der Waals surface area contributed by atoms with Gasteiger partial charge in [0, 0.05) is 18.7 Å². The van der Waals surface area contributed by atoms with Crippen molar-refractivity contribution in [2.45, 2.75) is 12.7 Å². The highest BCUT2D eigenvalue weighted by molar-refractivity contribution is 5.33. The van der Waals surface area contributed by atoms with E-state index in [0.717, 1.165) is 0 Å². The van der Waals surface area contributed by atoms with Crippen LogP contribution in [0.3, 0.4) is 0 Å². The summed E-state index contributed by atoms with van der Waals surface area (Å²) in [7, 11) is 1.77. The van der Waals surface area contributed by atoms with Crippen LogP contribution in [0.15, 0.2) is 24.3 Å². The van der Waals surface area contributed by atoms with E-state index < -0.39 is 12.8 Å². The molecule has 1 N–H and O–H groups in total. The standard InChI is InChI=1S/C12H16F3NO2/c1-16(6-7-17)8-10-4-2-3-5-11(10)18-9-12(13,14)15/h2-5,17H,6-9H2,1H3. The number of ether oxygens (including phenoxy) is 1. The first-order chi connectivity index (χ1) is 8.42. The molecule has 0 bridgehead atoms. The molecule has 1 aromatic rings. The van der Waals surface area contributed by atoms with Crippen LogP contribution < -0.4 is 4.74 Å². The number of aliphatic hydroxyl groups is 1. The Morgan fingerprint density at radius 3 is 2.56 bits per heavy atom. The molecule has 0 aliphatic heterocycles. The largest absolute Gasteiger partial charge is 0.484 e. The van der Waals surface area contributed by atoms with Gasteiger partial charge in [-0.15, -0.1) is 0 Å². The fourth-order valence-corrected chi connectivity index (χ4v) is 1.48. The van der Waals surface area contributed by atoms with Crippen molar-refractivity contribution in [3.05, 3.63) is 29.8 Å². The number of para-hydroxylation sites is 1. The Kier molecular flexibility index (Phi) is 5.43. The van der Waals surface area contributed by atoms with Gasteiger partial charge in [0.1, 0.15) is 5.75 Å². The van der Waals surface area contributed by atoms with Crippen LogP contribution in [-0.2, 0) is 6.54 Å². The van der Waals surface area contributed by atoms with E-state index in [2.05, 4.69) is 0 Å². The summed E-state index contributed by atoms with van der Waals surface area (Å²) < 4.78 is 41.0. The molecule has 6 heteroatoms. The van der Waals surface area contributed by atoms with Crippen molar-refractivity contribution < 1.29 is 23.0 Å². The molecular weight excluding hydrogens is 247 g/mol. The third-order valence-electron chi connectivity index (χ3n) is 2.29. The maximum atomic E-state index is 12.1. The molecule has 0 saturated heterocycles. The summed E-state index contributed by atoms with van der Waals surface area (Å²) in [6, 6.07) is 6.58. The van der Waals surface area contributed by atoms with Crippen molar-refractivity contribution in [1.82, 2.24) is 4.90 Å². The molecule has 1 rings (SSSR count). The first kappa shape index (κ1) is 14.8. The molecule has 0 aromatic heterocycles. The predicted molar refractivity (Wildman–Crippen MR) is 61.4 cm³/mol. The van der Waals surface area contributed by atoms with E-state index in [1.54, 1.807) is 30.1 Å². The summed E-state index contributed by atoms with van der Waals surface area (Å²) in [4.78, 5) is 1.80. The number of benzene rings is 1. The number of rotatable bonds is 6. The third-order valence-corrected chi connectivity index (χ3v) is 2.29. The summed E-state index contributed by atoms with van der Waals surface area (Å²) in [5, 5.41) is 8.77. The Balaban J connectivity index is 2.67. The number of hydrogen-bond acceptors (Lipinski definition) is 3. The van der Waals surface area contributed by atoms with Crippen molar-refractivity contribution in [1.29, 1.82) is 0 Å². The van der Waals surface area contributed by atoms with E-state index in [0.29, 0.717) is 18.7 Å². The molecule has 0 aliphatic carbocycles. The Morgan fingerprint density at radius 2 is 1.94 bits per heavy atom. The molecule has 0 aliphatic rings. The highest BCUT2D eigenvalue weighted by Gasteiger charge is 2.28. The van der Waals surface area contributed by atoms with Gasteiger partial charge in [0.05, 0.1) is 6.61 Å². The number of aliphatic hydroxyl groups excluding tert-OH is 1. The van der Waals surface area contributed by atoms with Crippen molar-refractivity contribution >= 4 is 0 Å². The van der Waals surface area contributed by atoms with E-state index in [1.807, 2.05) is 0 Å². The van der Waals surface area contributed by atoms with Gasteiger partial charge in [-0.3, -0.25) is 4.90 Å². The van der Waals surface area contributed by atoms with E-state index in [1.165, 1.54) is 6.07 Å². The first-order valence-electron chi connectivity index (χ1n) is 5.49. The zero-order chi connectivity index (χ0) is 13.6. The van der Waals surface area contributed by atoms with Crippen LogP contribution in [0, 0.1) is 0 Å². The van der Waals surface area contributed by atoms with Crippen LogP contribution in [0.4, 0.5) is 13.2 Å². The van der Waals surface area contributed by atoms with Crippen molar-refractivity contribution in [3.63, 3.8) is 0 Å². The topological polar surface area (TPSA) is 32.7 Å². The van der Waals surface area contributed by atoms with Gasteiger partial charge in [0.2, 0.25) is 0 Å². The normalized spacial score (nSPS) is 11.9. The van der Waals surface area contributed by atoms with Gasteiger partial charge < -0.3 is 9.84 Å². The second-order valence-electron chi connectivity index (χ2n) is 3.97. The summed E-state index contributed by atoms with van der Waals surface area (Å²) in [6.45, 7) is -0.419. The molecule has 0 amide bonds. The molecule has 0 atom stereocenters. The van der Waals surface area contributed by atoms with Gasteiger partial charge in [0.15, 0.2) is 6.61 Å². The molecular formula is C12H16F3NO2. The van der Waals surface area contributed by atoms with Crippen molar-refractivity contribution in [3.8, 4) is 5.75 Å². The van der Waals surface area contributed by atoms with Gasteiger partial charge in [-0.1, -0.05) is 18.2 Å². The number of nitrogens with zero attached hydrogens (tertiary/aromatic N) is 1. The molecule has 0 saturated carbocycles. The fourth-order valence-electron chi connectivity index (χ4n) is 1.48. The minimum atomic E-state index is -4.34. The van der Waals surface area contributed by atoms with Crippen LogP contribution in [-0.4, -0.2) is 43.0 Å².